The standard InChI is InChI=1S/C10H16O/c1-3-10(2)7-5-4-6-9(10)8-11/h3,8-9H,1,4-7H2,2H3/t9-,10-/m0/s1. The number of carbonyl (C=O) groups is 1. The largest absolute Gasteiger partial charge is 0.303 e. The molecule has 1 heteroatoms. The molecule has 1 rings (SSSR count). The van der Waals surface area contributed by atoms with E-state index in [4.69, 9.17) is 0 Å². The number of hydrogen-bond donors (Lipinski definition) is 0. The van der Waals surface area contributed by atoms with E-state index in [1.54, 1.807) is 0 Å². The summed E-state index contributed by atoms with van der Waals surface area (Å²) >= 11 is 0. The molecule has 1 nitrogen and oxygen atoms in total. The first-order valence-corrected chi connectivity index (χ1v) is 4.32. The van der Waals surface area contributed by atoms with Crippen LogP contribution in [-0.2, 0) is 4.79 Å². The van der Waals surface area contributed by atoms with E-state index in [2.05, 4.69) is 13.5 Å². The average molecular weight is 152 g/mol. The Morgan fingerprint density at radius 3 is 2.73 bits per heavy atom. The van der Waals surface area contributed by atoms with Crippen LogP contribution < -0.4 is 0 Å². The predicted molar refractivity (Wildman–Crippen MR) is 46.3 cm³/mol. The topological polar surface area (TPSA) is 17.1 Å². The van der Waals surface area contributed by atoms with Gasteiger partial charge in [-0.1, -0.05) is 25.8 Å². The van der Waals surface area contributed by atoms with E-state index in [-0.39, 0.29) is 11.3 Å². The molecule has 0 unspecified atom stereocenters. The summed E-state index contributed by atoms with van der Waals surface area (Å²) < 4.78 is 0. The molecule has 2 atom stereocenters. The second kappa shape index (κ2) is 3.21. The summed E-state index contributed by atoms with van der Waals surface area (Å²) in [5, 5.41) is 0. The summed E-state index contributed by atoms with van der Waals surface area (Å²) in [6.45, 7) is 5.93. The highest BCUT2D eigenvalue weighted by Crippen LogP contribution is 2.40. The Morgan fingerprint density at radius 1 is 1.55 bits per heavy atom. The second-order valence-electron chi connectivity index (χ2n) is 3.70. The molecule has 0 heterocycles. The van der Waals surface area contributed by atoms with Crippen LogP contribution in [0.5, 0.6) is 0 Å². The Morgan fingerprint density at radius 2 is 2.27 bits per heavy atom. The molecule has 0 aromatic heterocycles. The molecule has 0 aromatic rings. The molecule has 0 bridgehead atoms. The van der Waals surface area contributed by atoms with Gasteiger partial charge in [-0.05, 0) is 18.3 Å². The van der Waals surface area contributed by atoms with Gasteiger partial charge in [0.25, 0.3) is 0 Å². The quantitative estimate of drug-likeness (QED) is 0.439. The first-order valence-electron chi connectivity index (χ1n) is 4.32. The van der Waals surface area contributed by atoms with Crippen molar-refractivity contribution in [2.24, 2.45) is 11.3 Å². The lowest BCUT2D eigenvalue weighted by Crippen LogP contribution is -2.29. The van der Waals surface area contributed by atoms with Crippen LogP contribution in [0.1, 0.15) is 32.6 Å². The van der Waals surface area contributed by atoms with Crippen molar-refractivity contribution in [1.29, 1.82) is 0 Å². The van der Waals surface area contributed by atoms with E-state index in [9.17, 15) is 4.79 Å². The molecule has 0 aliphatic heterocycles. The van der Waals surface area contributed by atoms with E-state index in [1.165, 1.54) is 12.8 Å². The third-order valence-electron chi connectivity index (χ3n) is 2.96. The fourth-order valence-electron chi connectivity index (χ4n) is 1.86. The van der Waals surface area contributed by atoms with E-state index < -0.39 is 0 Å². The zero-order chi connectivity index (χ0) is 8.32. The number of allylic oxidation sites excluding steroid dienone is 1. The predicted octanol–water partition coefficient (Wildman–Crippen LogP) is 2.57. The van der Waals surface area contributed by atoms with Crippen LogP contribution in [0.3, 0.4) is 0 Å². The number of aldehydes is 1. The minimum atomic E-state index is 0.0833. The summed E-state index contributed by atoms with van der Waals surface area (Å²) in [4.78, 5) is 10.7. The lowest BCUT2D eigenvalue weighted by Gasteiger charge is -2.35. The lowest BCUT2D eigenvalue weighted by atomic mass is 9.68. The summed E-state index contributed by atoms with van der Waals surface area (Å²) in [6, 6.07) is 0. The van der Waals surface area contributed by atoms with Gasteiger partial charge in [0.1, 0.15) is 6.29 Å². The maximum absolute atomic E-state index is 10.7. The zero-order valence-electron chi connectivity index (χ0n) is 7.18. The van der Waals surface area contributed by atoms with Crippen LogP contribution >= 0.6 is 0 Å². The zero-order valence-corrected chi connectivity index (χ0v) is 7.18. The van der Waals surface area contributed by atoms with Crippen molar-refractivity contribution in [1.82, 2.24) is 0 Å². The van der Waals surface area contributed by atoms with Crippen LogP contribution in [0, 0.1) is 11.3 Å². The summed E-state index contributed by atoms with van der Waals surface area (Å²) in [5.41, 5.74) is 0.0833. The second-order valence-corrected chi connectivity index (χ2v) is 3.70. The van der Waals surface area contributed by atoms with Crippen molar-refractivity contribution in [3.8, 4) is 0 Å². The highest BCUT2D eigenvalue weighted by Gasteiger charge is 2.33. The van der Waals surface area contributed by atoms with Gasteiger partial charge in [0.05, 0.1) is 0 Å². The van der Waals surface area contributed by atoms with Gasteiger partial charge in [-0.25, -0.2) is 0 Å². The first-order chi connectivity index (χ1) is 5.23. The van der Waals surface area contributed by atoms with Crippen LogP contribution in [0.15, 0.2) is 12.7 Å². The van der Waals surface area contributed by atoms with Gasteiger partial charge in [-0.15, -0.1) is 6.58 Å². The maximum atomic E-state index is 10.7. The van der Waals surface area contributed by atoms with Crippen LogP contribution in [0.2, 0.25) is 0 Å². The van der Waals surface area contributed by atoms with Gasteiger partial charge >= 0.3 is 0 Å². The van der Waals surface area contributed by atoms with E-state index in [0.29, 0.717) is 0 Å². The summed E-state index contributed by atoms with van der Waals surface area (Å²) in [7, 11) is 0. The summed E-state index contributed by atoms with van der Waals surface area (Å²) in [5.74, 6) is 0.216. The third kappa shape index (κ3) is 1.52. The molecule has 0 N–H and O–H groups in total. The number of hydrogen-bond acceptors (Lipinski definition) is 1. The van der Waals surface area contributed by atoms with Crippen LogP contribution in [0.4, 0.5) is 0 Å². The van der Waals surface area contributed by atoms with Crippen molar-refractivity contribution in [3.05, 3.63) is 12.7 Å². The van der Waals surface area contributed by atoms with Gasteiger partial charge in [0.15, 0.2) is 0 Å². The molecule has 0 saturated heterocycles. The normalized spacial score (nSPS) is 38.1. The maximum Gasteiger partial charge on any atom is 0.123 e. The highest BCUT2D eigenvalue weighted by atomic mass is 16.1. The van der Waals surface area contributed by atoms with Gasteiger partial charge in [0.2, 0.25) is 0 Å². The Bertz CT molecular complexity index is 162. The molecule has 11 heavy (non-hydrogen) atoms. The van der Waals surface area contributed by atoms with Crippen molar-refractivity contribution in [2.45, 2.75) is 32.6 Å². The van der Waals surface area contributed by atoms with Crippen molar-refractivity contribution in [3.63, 3.8) is 0 Å². The summed E-state index contributed by atoms with van der Waals surface area (Å²) in [6.07, 6.45) is 7.66. The minimum Gasteiger partial charge on any atom is -0.303 e. The van der Waals surface area contributed by atoms with E-state index in [0.717, 1.165) is 19.1 Å². The Hall–Kier alpha value is -0.590. The van der Waals surface area contributed by atoms with Gasteiger partial charge in [-0.3, -0.25) is 0 Å². The molecule has 1 aliphatic carbocycles. The molecular weight excluding hydrogens is 136 g/mol. The van der Waals surface area contributed by atoms with Crippen LogP contribution in [-0.4, -0.2) is 6.29 Å². The van der Waals surface area contributed by atoms with Crippen molar-refractivity contribution >= 4 is 6.29 Å². The van der Waals surface area contributed by atoms with Gasteiger partial charge in [-0.2, -0.15) is 0 Å². The van der Waals surface area contributed by atoms with E-state index >= 15 is 0 Å². The third-order valence-corrected chi connectivity index (χ3v) is 2.96. The minimum absolute atomic E-state index is 0.0833. The smallest absolute Gasteiger partial charge is 0.123 e. The Kier molecular flexibility index (Phi) is 2.48. The molecule has 1 aliphatic rings. The van der Waals surface area contributed by atoms with Gasteiger partial charge in [0, 0.05) is 5.92 Å². The average Bonchev–Trinajstić information content (AvgIpc) is 2.05. The molecule has 0 amide bonds. The Balaban J connectivity index is 2.72. The fraction of sp³-hybridized carbons (Fsp3) is 0.700. The molecular formula is C10H16O. The lowest BCUT2D eigenvalue weighted by molar-refractivity contribution is -0.114. The molecule has 0 spiro atoms. The monoisotopic (exact) mass is 152 g/mol. The SMILES string of the molecule is C=C[C@@]1(C)CCCC[C@H]1C=O. The molecule has 62 valence electrons. The fourth-order valence-corrected chi connectivity index (χ4v) is 1.86. The molecule has 0 aromatic carbocycles. The van der Waals surface area contributed by atoms with E-state index in [1.807, 2.05) is 6.08 Å². The van der Waals surface area contributed by atoms with Crippen molar-refractivity contribution < 1.29 is 4.79 Å². The van der Waals surface area contributed by atoms with Crippen molar-refractivity contribution in [2.75, 3.05) is 0 Å². The van der Waals surface area contributed by atoms with Crippen LogP contribution in [0.25, 0.3) is 0 Å². The Labute approximate surface area is 68.5 Å². The van der Waals surface area contributed by atoms with Gasteiger partial charge < -0.3 is 4.79 Å². The molecule has 1 saturated carbocycles. The highest BCUT2D eigenvalue weighted by molar-refractivity contribution is 5.56. The number of rotatable bonds is 2. The molecule has 1 fully saturated rings. The molecule has 0 radical (unpaired) electrons. The number of carbonyl (C=O) groups excluding carboxylic acids is 1. The first kappa shape index (κ1) is 8.51.